The highest BCUT2D eigenvalue weighted by Crippen LogP contribution is 2.24. The molecule has 0 spiro atoms. The van der Waals surface area contributed by atoms with E-state index in [2.05, 4.69) is 28.7 Å². The molecule has 6 nitrogen and oxygen atoms in total. The summed E-state index contributed by atoms with van der Waals surface area (Å²) in [5.41, 5.74) is 2.29. The van der Waals surface area contributed by atoms with Gasteiger partial charge in [-0.1, -0.05) is 69.0 Å². The number of aromatic nitrogens is 3. The van der Waals surface area contributed by atoms with Crippen molar-refractivity contribution >= 4 is 35.3 Å². The maximum atomic E-state index is 12.7. The second-order valence-corrected chi connectivity index (χ2v) is 6.55. The standard InChI is InChI=1S/C21H24ClN5O.C2H6/c1-6-8-9-11-15(3)14-26(5)21-25-24-19(27(21)7-2)20(28)23-18-13-10-12-17(22)16(18)4;1-2/h6-13H,2-3,14H2,1,4-5H3,(H,23,28);1-2H3/b8-6-,11-9-;. The van der Waals surface area contributed by atoms with Crippen LogP contribution in [0.1, 0.15) is 37.0 Å². The number of nitrogens with one attached hydrogen (secondary N) is 1. The van der Waals surface area contributed by atoms with Gasteiger partial charge in [0.05, 0.1) is 0 Å². The monoisotopic (exact) mass is 427 g/mol. The number of halogens is 1. The fourth-order valence-electron chi connectivity index (χ4n) is 2.52. The molecule has 0 saturated heterocycles. The van der Waals surface area contributed by atoms with Crippen LogP contribution in [0.25, 0.3) is 6.20 Å². The van der Waals surface area contributed by atoms with Crippen molar-refractivity contribution in [2.75, 3.05) is 23.8 Å². The topological polar surface area (TPSA) is 63.1 Å². The Morgan fingerprint density at radius 1 is 1.30 bits per heavy atom. The number of benzene rings is 1. The zero-order valence-corrected chi connectivity index (χ0v) is 19.1. The average Bonchev–Trinajstić information content (AvgIpc) is 3.17. The van der Waals surface area contributed by atoms with E-state index in [1.165, 1.54) is 10.8 Å². The molecule has 0 aliphatic heterocycles. The first kappa shape index (κ1) is 24.9. The quantitative estimate of drug-likeness (QED) is 0.545. The number of amides is 1. The smallest absolute Gasteiger partial charge is 0.294 e. The molecule has 2 rings (SSSR count). The molecule has 1 heterocycles. The second-order valence-electron chi connectivity index (χ2n) is 6.14. The zero-order chi connectivity index (χ0) is 22.7. The van der Waals surface area contributed by atoms with E-state index in [1.807, 2.05) is 63.9 Å². The average molecular weight is 428 g/mol. The predicted molar refractivity (Wildman–Crippen MR) is 128 cm³/mol. The van der Waals surface area contributed by atoms with Crippen molar-refractivity contribution in [1.29, 1.82) is 0 Å². The highest BCUT2D eigenvalue weighted by Gasteiger charge is 2.20. The normalized spacial score (nSPS) is 10.6. The van der Waals surface area contributed by atoms with Crippen molar-refractivity contribution in [1.82, 2.24) is 14.8 Å². The van der Waals surface area contributed by atoms with Gasteiger partial charge in [-0.3, -0.25) is 9.36 Å². The molecule has 0 fully saturated rings. The first-order valence-electron chi connectivity index (χ1n) is 9.71. The fourth-order valence-corrected chi connectivity index (χ4v) is 2.69. The molecule has 1 N–H and O–H groups in total. The molecule has 1 aromatic heterocycles. The molecular weight excluding hydrogens is 398 g/mol. The van der Waals surface area contributed by atoms with E-state index in [9.17, 15) is 4.79 Å². The Labute approximate surface area is 184 Å². The highest BCUT2D eigenvalue weighted by atomic mass is 35.5. The summed E-state index contributed by atoms with van der Waals surface area (Å²) in [5, 5.41) is 11.6. The first-order chi connectivity index (χ1) is 14.4. The van der Waals surface area contributed by atoms with Crippen LogP contribution in [0.3, 0.4) is 0 Å². The second kappa shape index (κ2) is 12.4. The molecule has 0 unspecified atom stereocenters. The van der Waals surface area contributed by atoms with E-state index in [-0.39, 0.29) is 5.82 Å². The highest BCUT2D eigenvalue weighted by molar-refractivity contribution is 6.31. The SMILES string of the molecule is C=Cn1c(C(=O)Nc2cccc(Cl)c2C)nnc1N(C)CC(=C)/C=C\C=C/C.CC. The molecule has 160 valence electrons. The molecule has 2 aromatic rings. The van der Waals surface area contributed by atoms with Gasteiger partial charge in [0.1, 0.15) is 0 Å². The molecule has 0 atom stereocenters. The lowest BCUT2D eigenvalue weighted by Crippen LogP contribution is -2.24. The van der Waals surface area contributed by atoms with Gasteiger partial charge >= 0.3 is 0 Å². The van der Waals surface area contributed by atoms with Crippen molar-refractivity contribution in [2.45, 2.75) is 27.7 Å². The number of rotatable bonds is 8. The van der Waals surface area contributed by atoms with Crippen molar-refractivity contribution in [3.63, 3.8) is 0 Å². The third-order valence-corrected chi connectivity index (χ3v) is 4.41. The largest absolute Gasteiger partial charge is 0.339 e. The van der Waals surface area contributed by atoms with Gasteiger partial charge in [0.2, 0.25) is 11.8 Å². The summed E-state index contributed by atoms with van der Waals surface area (Å²) in [5.74, 6) is 0.221. The van der Waals surface area contributed by atoms with Crippen LogP contribution in [-0.4, -0.2) is 34.3 Å². The summed E-state index contributed by atoms with van der Waals surface area (Å²) in [6.45, 7) is 16.1. The van der Waals surface area contributed by atoms with Crippen LogP contribution in [-0.2, 0) is 0 Å². The van der Waals surface area contributed by atoms with Gasteiger partial charge in [-0.15, -0.1) is 10.2 Å². The van der Waals surface area contributed by atoms with Gasteiger partial charge < -0.3 is 10.2 Å². The van der Waals surface area contributed by atoms with Crippen molar-refractivity contribution in [3.8, 4) is 0 Å². The zero-order valence-electron chi connectivity index (χ0n) is 18.3. The van der Waals surface area contributed by atoms with Crippen molar-refractivity contribution in [2.24, 2.45) is 0 Å². The van der Waals surface area contributed by atoms with E-state index in [0.717, 1.165) is 11.1 Å². The molecule has 1 amide bonds. The first-order valence-corrected chi connectivity index (χ1v) is 10.1. The van der Waals surface area contributed by atoms with E-state index < -0.39 is 5.91 Å². The van der Waals surface area contributed by atoms with Gasteiger partial charge in [0.15, 0.2) is 0 Å². The molecule has 0 aliphatic rings. The number of nitrogens with zero attached hydrogens (tertiary/aromatic N) is 4. The minimum Gasteiger partial charge on any atom is -0.339 e. The third kappa shape index (κ3) is 6.46. The van der Waals surface area contributed by atoms with Gasteiger partial charge in [-0.2, -0.15) is 0 Å². The summed E-state index contributed by atoms with van der Waals surface area (Å²) < 4.78 is 1.54. The molecule has 0 saturated carbocycles. The summed E-state index contributed by atoms with van der Waals surface area (Å²) in [6.07, 6.45) is 9.21. The van der Waals surface area contributed by atoms with Crippen LogP contribution in [0.2, 0.25) is 5.02 Å². The van der Waals surface area contributed by atoms with Gasteiger partial charge in [0.25, 0.3) is 5.91 Å². The molecule has 30 heavy (non-hydrogen) atoms. The maximum absolute atomic E-state index is 12.7. The number of likely N-dealkylation sites (N-methyl/N-ethyl adjacent to an activating group) is 1. The number of hydrogen-bond donors (Lipinski definition) is 1. The summed E-state index contributed by atoms with van der Waals surface area (Å²) in [6, 6.07) is 5.32. The summed E-state index contributed by atoms with van der Waals surface area (Å²) >= 11 is 6.12. The summed E-state index contributed by atoms with van der Waals surface area (Å²) in [4.78, 5) is 14.6. The lowest BCUT2D eigenvalue weighted by atomic mass is 10.2. The van der Waals surface area contributed by atoms with Crippen LogP contribution in [0.5, 0.6) is 0 Å². The van der Waals surface area contributed by atoms with Gasteiger partial charge in [0, 0.05) is 30.5 Å². The molecule has 7 heteroatoms. The van der Waals surface area contributed by atoms with Crippen molar-refractivity contribution in [3.05, 3.63) is 77.6 Å². The van der Waals surface area contributed by atoms with Crippen LogP contribution in [0, 0.1) is 6.92 Å². The van der Waals surface area contributed by atoms with Gasteiger partial charge in [-0.05, 0) is 37.1 Å². The Morgan fingerprint density at radius 3 is 2.63 bits per heavy atom. The van der Waals surface area contributed by atoms with Crippen LogP contribution in [0.4, 0.5) is 11.6 Å². The minimum absolute atomic E-state index is 0.131. The number of hydrogen-bond acceptors (Lipinski definition) is 4. The Hall–Kier alpha value is -3.12. The number of anilines is 2. The van der Waals surface area contributed by atoms with Crippen molar-refractivity contribution < 1.29 is 4.79 Å². The van der Waals surface area contributed by atoms with Crippen LogP contribution < -0.4 is 10.2 Å². The Bertz CT molecular complexity index is 943. The van der Waals surface area contributed by atoms with Gasteiger partial charge in [-0.25, -0.2) is 0 Å². The molecule has 0 bridgehead atoms. The molecule has 0 aliphatic carbocycles. The Balaban J connectivity index is 0.00000218. The molecular formula is C23H30ClN5O. The van der Waals surface area contributed by atoms with E-state index in [1.54, 1.807) is 18.2 Å². The summed E-state index contributed by atoms with van der Waals surface area (Å²) in [7, 11) is 1.85. The molecule has 1 aromatic carbocycles. The maximum Gasteiger partial charge on any atom is 0.294 e. The lowest BCUT2D eigenvalue weighted by molar-refractivity contribution is 0.101. The predicted octanol–water partition coefficient (Wildman–Crippen LogP) is 5.74. The number of allylic oxidation sites excluding steroid dienone is 3. The van der Waals surface area contributed by atoms with E-state index >= 15 is 0 Å². The number of carbonyl (C=O) groups excluding carboxylic acids is 1. The lowest BCUT2D eigenvalue weighted by Gasteiger charge is -2.18. The fraction of sp³-hybridized carbons (Fsp3) is 0.261. The molecule has 0 radical (unpaired) electrons. The number of carbonyl (C=O) groups is 1. The minimum atomic E-state index is -0.399. The van der Waals surface area contributed by atoms with Crippen LogP contribution >= 0.6 is 11.6 Å². The van der Waals surface area contributed by atoms with Crippen LogP contribution in [0.15, 0.2) is 61.2 Å². The van der Waals surface area contributed by atoms with E-state index in [0.29, 0.717) is 23.2 Å². The third-order valence-electron chi connectivity index (χ3n) is 4.00. The Morgan fingerprint density at radius 2 is 2.00 bits per heavy atom. The Kier molecular flexibility index (Phi) is 10.3. The van der Waals surface area contributed by atoms with E-state index in [4.69, 9.17) is 11.6 Å².